The SMILES string of the molecule is Nc1cccc2c1C(=O)c1ccccc1C2=O.O=C1c2c(O)ccc(O)c2C(=O)c2c(NCCNCCO)ccc(NCCNCCO)c21. The van der Waals surface area contributed by atoms with Crippen molar-refractivity contribution >= 4 is 40.2 Å². The standard InChI is InChI=1S/C22H28N4O6.C14H9NO2/c27-11-9-23-5-7-25-13-1-2-14(26-8-6-24-10-12-28)18-17(13)21(31)19-15(29)3-4-16(30)20(19)22(18)32;15-11-7-3-6-10-12(11)14(17)9-5-2-1-4-8(9)13(10)16/h1-4,23-30H,5-12H2;1-7H,15H2. The molecule has 0 aliphatic heterocycles. The molecule has 4 aromatic carbocycles. The topological polar surface area (TPSA) is 223 Å². The zero-order valence-electron chi connectivity index (χ0n) is 26.5. The summed E-state index contributed by atoms with van der Waals surface area (Å²) in [5.74, 6) is -2.17. The van der Waals surface area contributed by atoms with Crippen LogP contribution >= 0.6 is 0 Å². The number of aliphatic hydroxyl groups is 2. The summed E-state index contributed by atoms with van der Waals surface area (Å²) >= 11 is 0. The Hall–Kier alpha value is -5.60. The van der Waals surface area contributed by atoms with E-state index < -0.39 is 11.6 Å². The van der Waals surface area contributed by atoms with E-state index in [0.29, 0.717) is 78.6 Å². The maximum Gasteiger partial charge on any atom is 0.200 e. The van der Waals surface area contributed by atoms with Gasteiger partial charge in [0.2, 0.25) is 11.6 Å². The second-order valence-electron chi connectivity index (χ2n) is 11.2. The molecule has 2 aliphatic carbocycles. The molecule has 4 aromatic rings. The second-order valence-corrected chi connectivity index (χ2v) is 11.2. The Bertz CT molecular complexity index is 1850. The van der Waals surface area contributed by atoms with Crippen LogP contribution in [-0.2, 0) is 0 Å². The summed E-state index contributed by atoms with van der Waals surface area (Å²) in [7, 11) is 0. The van der Waals surface area contributed by atoms with E-state index in [1.807, 2.05) is 0 Å². The van der Waals surface area contributed by atoms with E-state index in [2.05, 4.69) is 21.3 Å². The first-order chi connectivity index (χ1) is 23.7. The van der Waals surface area contributed by atoms with Crippen LogP contribution in [0.4, 0.5) is 17.1 Å². The average Bonchev–Trinajstić information content (AvgIpc) is 3.10. The number of fused-ring (bicyclic) bond motifs is 4. The van der Waals surface area contributed by atoms with E-state index in [9.17, 15) is 29.4 Å². The van der Waals surface area contributed by atoms with Gasteiger partial charge in [0.15, 0.2) is 11.6 Å². The van der Waals surface area contributed by atoms with Crippen LogP contribution < -0.4 is 27.0 Å². The minimum Gasteiger partial charge on any atom is -0.507 e. The lowest BCUT2D eigenvalue weighted by atomic mass is 9.81. The van der Waals surface area contributed by atoms with Gasteiger partial charge >= 0.3 is 0 Å². The number of aliphatic hydroxyl groups excluding tert-OH is 2. The van der Waals surface area contributed by atoms with Crippen molar-refractivity contribution in [1.82, 2.24) is 10.6 Å². The molecule has 0 radical (unpaired) electrons. The molecule has 254 valence electrons. The normalized spacial score (nSPS) is 12.7. The van der Waals surface area contributed by atoms with E-state index >= 15 is 0 Å². The molecule has 2 aliphatic rings. The molecule has 0 bridgehead atoms. The van der Waals surface area contributed by atoms with Crippen molar-refractivity contribution in [2.45, 2.75) is 0 Å². The van der Waals surface area contributed by atoms with Crippen LogP contribution in [0.25, 0.3) is 0 Å². The van der Waals surface area contributed by atoms with Crippen molar-refractivity contribution in [2.75, 3.05) is 68.8 Å². The van der Waals surface area contributed by atoms with Gasteiger partial charge in [-0.3, -0.25) is 19.2 Å². The van der Waals surface area contributed by atoms with E-state index in [0.717, 1.165) is 0 Å². The molecule has 0 amide bonds. The first-order valence-corrected chi connectivity index (χ1v) is 15.7. The number of carbonyl (C=O) groups excluding carboxylic acids is 4. The van der Waals surface area contributed by atoms with Crippen LogP contribution in [0, 0.1) is 0 Å². The number of phenols is 2. The third-order valence-corrected chi connectivity index (χ3v) is 8.07. The first-order valence-electron chi connectivity index (χ1n) is 15.7. The number of nitrogen functional groups attached to an aromatic ring is 1. The Morgan fingerprint density at radius 2 is 0.939 bits per heavy atom. The zero-order valence-corrected chi connectivity index (χ0v) is 26.5. The summed E-state index contributed by atoms with van der Waals surface area (Å²) < 4.78 is 0. The van der Waals surface area contributed by atoms with Crippen LogP contribution in [0.1, 0.15) is 63.7 Å². The molecule has 13 heteroatoms. The smallest absolute Gasteiger partial charge is 0.200 e. The fourth-order valence-electron chi connectivity index (χ4n) is 5.81. The molecule has 0 saturated carbocycles. The molecule has 0 spiro atoms. The second kappa shape index (κ2) is 15.5. The molecule has 0 atom stereocenters. The van der Waals surface area contributed by atoms with Gasteiger partial charge in [-0.2, -0.15) is 0 Å². The predicted octanol–water partition coefficient (Wildman–Crippen LogP) is 1.90. The highest BCUT2D eigenvalue weighted by Crippen LogP contribution is 2.42. The number of carbonyl (C=O) groups is 4. The Labute approximate surface area is 281 Å². The van der Waals surface area contributed by atoms with Gasteiger partial charge in [0, 0.05) is 73.0 Å². The number of phenolic OH excluding ortho intramolecular Hbond substituents is 2. The maximum atomic E-state index is 13.4. The Balaban J connectivity index is 0.000000229. The molecule has 0 saturated heterocycles. The highest BCUT2D eigenvalue weighted by molar-refractivity contribution is 6.33. The molecular formula is C36H37N5O8. The Morgan fingerprint density at radius 1 is 0.469 bits per heavy atom. The summed E-state index contributed by atoms with van der Waals surface area (Å²) in [6.45, 7) is 2.81. The average molecular weight is 668 g/mol. The van der Waals surface area contributed by atoms with Crippen LogP contribution in [0.15, 0.2) is 66.7 Å². The van der Waals surface area contributed by atoms with Crippen molar-refractivity contribution in [3.05, 3.63) is 111 Å². The van der Waals surface area contributed by atoms with Gasteiger partial charge in [-0.25, -0.2) is 0 Å². The molecule has 0 fully saturated rings. The van der Waals surface area contributed by atoms with Crippen LogP contribution in [0.5, 0.6) is 11.5 Å². The molecule has 49 heavy (non-hydrogen) atoms. The van der Waals surface area contributed by atoms with Crippen molar-refractivity contribution < 1.29 is 39.6 Å². The highest BCUT2D eigenvalue weighted by atomic mass is 16.3. The lowest BCUT2D eigenvalue weighted by molar-refractivity contribution is 0.0975. The number of rotatable bonds is 12. The molecule has 0 aromatic heterocycles. The number of anilines is 3. The number of aromatic hydroxyl groups is 2. The molecular weight excluding hydrogens is 630 g/mol. The van der Waals surface area contributed by atoms with Crippen LogP contribution in [-0.4, -0.2) is 96.0 Å². The van der Waals surface area contributed by atoms with Crippen molar-refractivity contribution in [3.8, 4) is 11.5 Å². The first kappa shape index (κ1) is 34.7. The monoisotopic (exact) mass is 667 g/mol. The van der Waals surface area contributed by atoms with Crippen molar-refractivity contribution in [1.29, 1.82) is 0 Å². The van der Waals surface area contributed by atoms with Gasteiger partial charge in [-0.15, -0.1) is 0 Å². The number of nitrogens with two attached hydrogens (primary N) is 1. The summed E-state index contributed by atoms with van der Waals surface area (Å²) in [6, 6.07) is 17.5. The third kappa shape index (κ3) is 7.00. The summed E-state index contributed by atoms with van der Waals surface area (Å²) in [5, 5.41) is 50.6. The number of hydrogen-bond acceptors (Lipinski definition) is 13. The van der Waals surface area contributed by atoms with Gasteiger partial charge in [0.25, 0.3) is 0 Å². The van der Waals surface area contributed by atoms with E-state index in [1.54, 1.807) is 54.6 Å². The number of hydrogen-bond donors (Lipinski definition) is 9. The number of nitrogens with one attached hydrogen (secondary N) is 4. The zero-order chi connectivity index (χ0) is 35.1. The lowest BCUT2D eigenvalue weighted by Gasteiger charge is -2.25. The van der Waals surface area contributed by atoms with Gasteiger partial charge in [0.05, 0.1) is 41.0 Å². The summed E-state index contributed by atoms with van der Waals surface area (Å²) in [5.41, 5.74) is 8.43. The quantitative estimate of drug-likeness (QED) is 0.0517. The number of benzene rings is 4. The van der Waals surface area contributed by atoms with Gasteiger partial charge < -0.3 is 47.4 Å². The van der Waals surface area contributed by atoms with Gasteiger partial charge in [-0.1, -0.05) is 36.4 Å². The van der Waals surface area contributed by atoms with Crippen molar-refractivity contribution in [3.63, 3.8) is 0 Å². The van der Waals surface area contributed by atoms with E-state index in [-0.39, 0.29) is 58.5 Å². The maximum absolute atomic E-state index is 13.4. The van der Waals surface area contributed by atoms with Gasteiger partial charge in [0.1, 0.15) is 11.5 Å². The Morgan fingerprint density at radius 3 is 1.43 bits per heavy atom. The van der Waals surface area contributed by atoms with Crippen LogP contribution in [0.3, 0.4) is 0 Å². The van der Waals surface area contributed by atoms with Crippen LogP contribution in [0.2, 0.25) is 0 Å². The fourth-order valence-corrected chi connectivity index (χ4v) is 5.81. The largest absolute Gasteiger partial charge is 0.507 e. The molecule has 0 heterocycles. The van der Waals surface area contributed by atoms with E-state index in [4.69, 9.17) is 15.9 Å². The minimum absolute atomic E-state index is 0.00939. The summed E-state index contributed by atoms with van der Waals surface area (Å²) in [4.78, 5) is 51.2. The minimum atomic E-state index is -0.559. The van der Waals surface area contributed by atoms with Gasteiger partial charge in [-0.05, 0) is 30.3 Å². The predicted molar refractivity (Wildman–Crippen MR) is 184 cm³/mol. The molecule has 0 unspecified atom stereocenters. The fraction of sp³-hybridized carbons (Fsp3) is 0.222. The molecule has 10 N–H and O–H groups in total. The molecule has 13 nitrogen and oxygen atoms in total. The highest BCUT2D eigenvalue weighted by Gasteiger charge is 2.38. The van der Waals surface area contributed by atoms with E-state index in [1.165, 1.54) is 12.1 Å². The third-order valence-electron chi connectivity index (χ3n) is 8.07. The molecule has 6 rings (SSSR count). The summed E-state index contributed by atoms with van der Waals surface area (Å²) in [6.07, 6.45) is 0. The lowest BCUT2D eigenvalue weighted by Crippen LogP contribution is -2.28. The Kier molecular flexibility index (Phi) is 11.0. The van der Waals surface area contributed by atoms with Crippen molar-refractivity contribution in [2.24, 2.45) is 0 Å². The number of ketones is 4.